The van der Waals surface area contributed by atoms with Crippen molar-refractivity contribution in [1.29, 1.82) is 0 Å². The van der Waals surface area contributed by atoms with E-state index in [9.17, 15) is 5.11 Å². The Labute approximate surface area is 112 Å². The first kappa shape index (κ1) is 12.9. The average molecular weight is 267 g/mol. The van der Waals surface area contributed by atoms with Gasteiger partial charge in [0.05, 0.1) is 18.6 Å². The highest BCUT2D eigenvalue weighted by Crippen LogP contribution is 2.26. The summed E-state index contributed by atoms with van der Waals surface area (Å²) < 4.78 is 10.7. The van der Waals surface area contributed by atoms with Gasteiger partial charge in [0.15, 0.2) is 0 Å². The molecule has 0 saturated carbocycles. The van der Waals surface area contributed by atoms with Gasteiger partial charge in [0, 0.05) is 19.7 Å². The molecule has 2 aliphatic heterocycles. The molecule has 1 aromatic heterocycles. The van der Waals surface area contributed by atoms with Crippen LogP contribution in [0.5, 0.6) is 0 Å². The SMILES string of the molecule is OC1CCOCC1c1nc(N2CCCCCC2)no1. The van der Waals surface area contributed by atoms with E-state index < -0.39 is 6.10 Å². The number of hydrogen-bond acceptors (Lipinski definition) is 6. The summed E-state index contributed by atoms with van der Waals surface area (Å²) in [6, 6.07) is 0. The van der Waals surface area contributed by atoms with E-state index >= 15 is 0 Å². The van der Waals surface area contributed by atoms with Crippen molar-refractivity contribution < 1.29 is 14.4 Å². The lowest BCUT2D eigenvalue weighted by atomic mass is 9.99. The van der Waals surface area contributed by atoms with Gasteiger partial charge >= 0.3 is 0 Å². The molecule has 106 valence electrons. The first-order valence-electron chi connectivity index (χ1n) is 7.19. The van der Waals surface area contributed by atoms with Gasteiger partial charge < -0.3 is 19.3 Å². The van der Waals surface area contributed by atoms with Crippen molar-refractivity contribution in [2.24, 2.45) is 0 Å². The lowest BCUT2D eigenvalue weighted by Crippen LogP contribution is -2.30. The Morgan fingerprint density at radius 2 is 1.95 bits per heavy atom. The van der Waals surface area contributed by atoms with Gasteiger partial charge in [-0.2, -0.15) is 4.98 Å². The van der Waals surface area contributed by atoms with Crippen LogP contribution in [0.4, 0.5) is 5.95 Å². The van der Waals surface area contributed by atoms with Crippen LogP contribution >= 0.6 is 0 Å². The second-order valence-electron chi connectivity index (χ2n) is 5.37. The van der Waals surface area contributed by atoms with Crippen LogP contribution in [0.2, 0.25) is 0 Å². The van der Waals surface area contributed by atoms with Crippen molar-refractivity contribution in [3.63, 3.8) is 0 Å². The minimum atomic E-state index is -0.439. The van der Waals surface area contributed by atoms with Crippen molar-refractivity contribution in [2.45, 2.75) is 44.1 Å². The van der Waals surface area contributed by atoms with Crippen molar-refractivity contribution in [3.05, 3.63) is 5.89 Å². The van der Waals surface area contributed by atoms with Crippen molar-refractivity contribution in [1.82, 2.24) is 10.1 Å². The molecule has 6 heteroatoms. The van der Waals surface area contributed by atoms with E-state index in [1.165, 1.54) is 25.7 Å². The summed E-state index contributed by atoms with van der Waals surface area (Å²) in [4.78, 5) is 6.63. The van der Waals surface area contributed by atoms with Crippen LogP contribution in [0.25, 0.3) is 0 Å². The van der Waals surface area contributed by atoms with Crippen molar-refractivity contribution in [2.75, 3.05) is 31.2 Å². The lowest BCUT2D eigenvalue weighted by Gasteiger charge is -2.24. The topological polar surface area (TPSA) is 71.6 Å². The maximum Gasteiger partial charge on any atom is 0.266 e. The highest BCUT2D eigenvalue weighted by molar-refractivity contribution is 5.28. The second kappa shape index (κ2) is 5.88. The fourth-order valence-electron chi connectivity index (χ4n) is 2.74. The molecular formula is C13H21N3O3. The van der Waals surface area contributed by atoms with Crippen LogP contribution in [0.15, 0.2) is 4.52 Å². The molecule has 2 aliphatic rings. The summed E-state index contributed by atoms with van der Waals surface area (Å²) in [7, 11) is 0. The van der Waals surface area contributed by atoms with Gasteiger partial charge in [-0.05, 0) is 24.4 Å². The van der Waals surface area contributed by atoms with E-state index in [-0.39, 0.29) is 5.92 Å². The molecule has 0 radical (unpaired) electrons. The summed E-state index contributed by atoms with van der Waals surface area (Å²) in [6.45, 7) is 3.04. The molecule has 3 rings (SSSR count). The van der Waals surface area contributed by atoms with Gasteiger partial charge in [-0.1, -0.05) is 12.8 Å². The number of ether oxygens (including phenoxy) is 1. The van der Waals surface area contributed by atoms with Crippen LogP contribution in [0.3, 0.4) is 0 Å². The van der Waals surface area contributed by atoms with Crippen LogP contribution in [-0.4, -0.2) is 47.7 Å². The zero-order valence-electron chi connectivity index (χ0n) is 11.1. The van der Waals surface area contributed by atoms with Gasteiger partial charge in [-0.15, -0.1) is 0 Å². The number of anilines is 1. The van der Waals surface area contributed by atoms with Crippen LogP contribution in [0.1, 0.15) is 43.9 Å². The Morgan fingerprint density at radius 3 is 2.68 bits per heavy atom. The molecule has 3 heterocycles. The molecule has 2 unspecified atom stereocenters. The molecule has 0 bridgehead atoms. The Morgan fingerprint density at radius 1 is 1.16 bits per heavy atom. The molecule has 0 aromatic carbocycles. The molecule has 0 aliphatic carbocycles. The third kappa shape index (κ3) is 2.90. The Kier molecular flexibility index (Phi) is 3.98. The minimum absolute atomic E-state index is 0.179. The van der Waals surface area contributed by atoms with Gasteiger partial charge in [0.25, 0.3) is 5.95 Å². The van der Waals surface area contributed by atoms with E-state index in [0.29, 0.717) is 31.5 Å². The number of nitrogens with zero attached hydrogens (tertiary/aromatic N) is 3. The molecule has 6 nitrogen and oxygen atoms in total. The smallest absolute Gasteiger partial charge is 0.266 e. The highest BCUT2D eigenvalue weighted by Gasteiger charge is 2.31. The summed E-state index contributed by atoms with van der Waals surface area (Å²) in [5.74, 6) is 0.989. The van der Waals surface area contributed by atoms with E-state index in [4.69, 9.17) is 9.26 Å². The average Bonchev–Trinajstić information content (AvgIpc) is 2.75. The molecule has 1 N–H and O–H groups in total. The predicted octanol–water partition coefficient (Wildman–Crippen LogP) is 1.31. The molecule has 0 amide bonds. The lowest BCUT2D eigenvalue weighted by molar-refractivity contribution is -0.0149. The zero-order chi connectivity index (χ0) is 13.1. The third-order valence-corrected chi connectivity index (χ3v) is 3.96. The number of aromatic nitrogens is 2. The van der Waals surface area contributed by atoms with Crippen molar-refractivity contribution >= 4 is 5.95 Å². The number of aliphatic hydroxyl groups is 1. The van der Waals surface area contributed by atoms with Gasteiger partial charge in [-0.25, -0.2) is 0 Å². The standard InChI is InChI=1S/C13H21N3O3/c17-11-5-8-18-9-10(11)12-14-13(15-19-12)16-6-3-1-2-4-7-16/h10-11,17H,1-9H2. The quantitative estimate of drug-likeness (QED) is 0.871. The number of aliphatic hydroxyl groups excluding tert-OH is 1. The first-order valence-corrected chi connectivity index (χ1v) is 7.19. The van der Waals surface area contributed by atoms with E-state index in [1.807, 2.05) is 0 Å². The van der Waals surface area contributed by atoms with Crippen LogP contribution in [0, 0.1) is 0 Å². The molecule has 0 spiro atoms. The third-order valence-electron chi connectivity index (χ3n) is 3.96. The van der Waals surface area contributed by atoms with E-state index in [2.05, 4.69) is 15.0 Å². The largest absolute Gasteiger partial charge is 0.392 e. The van der Waals surface area contributed by atoms with Gasteiger partial charge in [0.1, 0.15) is 0 Å². The molecular weight excluding hydrogens is 246 g/mol. The Balaban J connectivity index is 1.71. The number of rotatable bonds is 2. The Hall–Kier alpha value is -1.14. The molecule has 2 atom stereocenters. The second-order valence-corrected chi connectivity index (χ2v) is 5.37. The maximum atomic E-state index is 9.97. The molecule has 19 heavy (non-hydrogen) atoms. The fraction of sp³-hybridized carbons (Fsp3) is 0.846. The summed E-state index contributed by atoms with van der Waals surface area (Å²) >= 11 is 0. The number of hydrogen-bond donors (Lipinski definition) is 1. The van der Waals surface area contributed by atoms with Crippen LogP contribution < -0.4 is 4.90 Å². The summed E-state index contributed by atoms with van der Waals surface area (Å²) in [5, 5.41) is 14.0. The van der Waals surface area contributed by atoms with E-state index in [0.717, 1.165) is 13.1 Å². The monoisotopic (exact) mass is 267 g/mol. The summed E-state index contributed by atoms with van der Waals surface area (Å²) in [5.41, 5.74) is 0. The zero-order valence-corrected chi connectivity index (χ0v) is 11.1. The van der Waals surface area contributed by atoms with Crippen molar-refractivity contribution in [3.8, 4) is 0 Å². The fourth-order valence-corrected chi connectivity index (χ4v) is 2.74. The van der Waals surface area contributed by atoms with Crippen LogP contribution in [-0.2, 0) is 4.74 Å². The maximum absolute atomic E-state index is 9.97. The first-order chi connectivity index (χ1) is 9.34. The van der Waals surface area contributed by atoms with E-state index in [1.54, 1.807) is 0 Å². The highest BCUT2D eigenvalue weighted by atomic mass is 16.5. The molecule has 2 fully saturated rings. The van der Waals surface area contributed by atoms with Gasteiger partial charge in [-0.3, -0.25) is 0 Å². The normalized spacial score (nSPS) is 29.2. The van der Waals surface area contributed by atoms with Gasteiger partial charge in [0.2, 0.25) is 5.89 Å². The Bertz CT molecular complexity index is 402. The predicted molar refractivity (Wildman–Crippen MR) is 69.2 cm³/mol. The summed E-state index contributed by atoms with van der Waals surface area (Å²) in [6.07, 6.45) is 5.10. The molecule has 2 saturated heterocycles. The molecule has 1 aromatic rings. The minimum Gasteiger partial charge on any atom is -0.392 e.